The minimum atomic E-state index is -0.289. The van der Waals surface area contributed by atoms with Gasteiger partial charge in [0.2, 0.25) is 6.20 Å². The predicted octanol–water partition coefficient (Wildman–Crippen LogP) is 0.774. The van der Waals surface area contributed by atoms with E-state index in [2.05, 4.69) is 4.99 Å². The molecule has 0 bridgehead atoms. The van der Waals surface area contributed by atoms with Gasteiger partial charge in [-0.15, -0.1) is 0 Å². The van der Waals surface area contributed by atoms with Crippen molar-refractivity contribution in [2.75, 3.05) is 0 Å². The van der Waals surface area contributed by atoms with Gasteiger partial charge in [-0.25, -0.2) is 4.39 Å². The van der Waals surface area contributed by atoms with Crippen molar-refractivity contribution < 1.29 is 4.39 Å². The fourth-order valence-electron chi connectivity index (χ4n) is 0.342. The normalized spacial score (nSPS) is 17.0. The van der Waals surface area contributed by atoms with Gasteiger partial charge in [-0.2, -0.15) is 0 Å². The van der Waals surface area contributed by atoms with E-state index in [1.807, 2.05) is 0 Å². The molecule has 1 radical (unpaired) electrons. The second-order valence-corrected chi connectivity index (χ2v) is 1.17. The summed E-state index contributed by atoms with van der Waals surface area (Å²) in [6.07, 6.45) is 5.60. The Morgan fingerprint density at radius 2 is 2.43 bits per heavy atom. The summed E-state index contributed by atoms with van der Waals surface area (Å²) in [7, 11) is 0. The van der Waals surface area contributed by atoms with Crippen LogP contribution in [0.3, 0.4) is 0 Å². The molecule has 0 aromatic carbocycles. The molecular weight excluding hydrogens is 93.1 g/mol. The van der Waals surface area contributed by atoms with Gasteiger partial charge in [-0.1, -0.05) is 0 Å². The lowest BCUT2D eigenvalue weighted by atomic mass is 10.4. The van der Waals surface area contributed by atoms with Crippen LogP contribution < -0.4 is 4.99 Å². The van der Waals surface area contributed by atoms with E-state index >= 15 is 0 Å². The molecule has 0 saturated carbocycles. The summed E-state index contributed by atoms with van der Waals surface area (Å²) in [4.78, 5) is 3.51. The number of aliphatic imine (C=N–C) groups is 1. The largest absolute Gasteiger partial charge is 0.277 e. The van der Waals surface area contributed by atoms with Crippen LogP contribution in [0.15, 0.2) is 24.2 Å². The van der Waals surface area contributed by atoms with Crippen LogP contribution in [0, 0.1) is 0 Å². The SMILES string of the molecule is FC1=CC=C[N+]=C1. The molecule has 1 nitrogen and oxygen atoms in total. The van der Waals surface area contributed by atoms with Gasteiger partial charge in [-0.05, 0) is 6.08 Å². The highest BCUT2D eigenvalue weighted by Gasteiger charge is 1.96. The number of allylic oxidation sites excluding steroid dienone is 3. The zero-order chi connectivity index (χ0) is 5.11. The van der Waals surface area contributed by atoms with Crippen molar-refractivity contribution in [1.82, 2.24) is 4.99 Å². The number of nitrogens with zero attached hydrogens (tertiary/aromatic N) is 1. The Bertz CT molecular complexity index is 144. The third-order valence-electron chi connectivity index (χ3n) is 0.625. The van der Waals surface area contributed by atoms with Crippen molar-refractivity contribution in [2.45, 2.75) is 0 Å². The quantitative estimate of drug-likeness (QED) is 0.424. The van der Waals surface area contributed by atoms with E-state index in [-0.39, 0.29) is 5.83 Å². The molecule has 35 valence electrons. The second kappa shape index (κ2) is 1.69. The molecule has 0 fully saturated rings. The highest BCUT2D eigenvalue weighted by molar-refractivity contribution is 5.76. The highest BCUT2D eigenvalue weighted by atomic mass is 19.1. The average Bonchev–Trinajstić information content (AvgIpc) is 1.69. The molecule has 7 heavy (non-hydrogen) atoms. The summed E-state index contributed by atoms with van der Waals surface area (Å²) in [5.41, 5.74) is 0. The van der Waals surface area contributed by atoms with Crippen molar-refractivity contribution >= 4 is 6.21 Å². The predicted molar refractivity (Wildman–Crippen MR) is 26.5 cm³/mol. The van der Waals surface area contributed by atoms with E-state index in [9.17, 15) is 4.39 Å². The van der Waals surface area contributed by atoms with Crippen molar-refractivity contribution in [3.63, 3.8) is 0 Å². The van der Waals surface area contributed by atoms with Gasteiger partial charge in [0.25, 0.3) is 6.21 Å². The van der Waals surface area contributed by atoms with Crippen LogP contribution >= 0.6 is 0 Å². The molecular formula is C5H4FN+. The molecule has 0 spiro atoms. The average molecular weight is 97.1 g/mol. The van der Waals surface area contributed by atoms with Gasteiger partial charge >= 0.3 is 0 Å². The molecule has 0 aromatic rings. The molecule has 0 atom stereocenters. The number of halogens is 1. The Morgan fingerprint density at radius 1 is 1.57 bits per heavy atom. The number of hydrogen-bond donors (Lipinski definition) is 0. The lowest BCUT2D eigenvalue weighted by Gasteiger charge is -1.73. The first-order valence-corrected chi connectivity index (χ1v) is 1.95. The maximum atomic E-state index is 11.8. The Kier molecular flexibility index (Phi) is 1.02. The van der Waals surface area contributed by atoms with E-state index in [1.165, 1.54) is 18.5 Å². The standard InChI is InChI=1S/C5H4FN/c6-5-2-1-3-7-4-5/h1-4H/q+1. The summed E-state index contributed by atoms with van der Waals surface area (Å²) in [5, 5.41) is 0. The molecule has 1 rings (SSSR count). The van der Waals surface area contributed by atoms with E-state index in [4.69, 9.17) is 0 Å². The van der Waals surface area contributed by atoms with Crippen LogP contribution in [0.5, 0.6) is 0 Å². The zero-order valence-corrected chi connectivity index (χ0v) is 3.63. The zero-order valence-electron chi connectivity index (χ0n) is 3.63. The lowest BCUT2D eigenvalue weighted by Crippen LogP contribution is -1.86. The first-order valence-electron chi connectivity index (χ1n) is 1.95. The maximum Gasteiger partial charge on any atom is 0.277 e. The van der Waals surface area contributed by atoms with E-state index in [0.717, 1.165) is 0 Å². The van der Waals surface area contributed by atoms with Gasteiger partial charge in [0.05, 0.1) is 4.99 Å². The van der Waals surface area contributed by atoms with Crippen LogP contribution in [0.1, 0.15) is 0 Å². The summed E-state index contributed by atoms with van der Waals surface area (Å²) >= 11 is 0. The molecule has 0 aliphatic carbocycles. The molecule has 1 aliphatic heterocycles. The summed E-state index contributed by atoms with van der Waals surface area (Å²) < 4.78 is 11.8. The van der Waals surface area contributed by atoms with E-state index < -0.39 is 0 Å². The first-order chi connectivity index (χ1) is 3.39. The van der Waals surface area contributed by atoms with E-state index in [0.29, 0.717) is 0 Å². The summed E-state index contributed by atoms with van der Waals surface area (Å²) in [6, 6.07) is 0. The minimum Gasteiger partial charge on any atom is -0.200 e. The Hall–Kier alpha value is -0.920. The van der Waals surface area contributed by atoms with Crippen LogP contribution in [-0.4, -0.2) is 6.21 Å². The maximum absolute atomic E-state index is 11.8. The van der Waals surface area contributed by atoms with Crippen molar-refractivity contribution in [1.29, 1.82) is 0 Å². The van der Waals surface area contributed by atoms with Gasteiger partial charge in [0, 0.05) is 6.08 Å². The highest BCUT2D eigenvalue weighted by Crippen LogP contribution is 1.92. The molecule has 0 N–H and O–H groups in total. The van der Waals surface area contributed by atoms with Gasteiger partial charge in [0.15, 0.2) is 5.83 Å². The van der Waals surface area contributed by atoms with Gasteiger partial charge < -0.3 is 0 Å². The first kappa shape index (κ1) is 4.24. The Balaban J connectivity index is 2.82. The number of rotatable bonds is 0. The van der Waals surface area contributed by atoms with Gasteiger partial charge in [-0.3, -0.25) is 0 Å². The monoisotopic (exact) mass is 97.0 g/mol. The van der Waals surface area contributed by atoms with Crippen LogP contribution in [0.2, 0.25) is 0 Å². The Morgan fingerprint density at radius 3 is 2.71 bits per heavy atom. The smallest absolute Gasteiger partial charge is 0.200 e. The molecule has 0 unspecified atom stereocenters. The van der Waals surface area contributed by atoms with Crippen LogP contribution in [0.4, 0.5) is 4.39 Å². The van der Waals surface area contributed by atoms with Crippen molar-refractivity contribution in [3.8, 4) is 0 Å². The van der Waals surface area contributed by atoms with Crippen LogP contribution in [0.25, 0.3) is 0 Å². The van der Waals surface area contributed by atoms with Gasteiger partial charge in [0.1, 0.15) is 0 Å². The molecule has 1 heterocycles. The molecule has 0 amide bonds. The third kappa shape index (κ3) is 0.961. The minimum absolute atomic E-state index is 0.289. The molecule has 0 aromatic heterocycles. The lowest BCUT2D eigenvalue weighted by molar-refractivity contribution is 0.684. The van der Waals surface area contributed by atoms with Crippen molar-refractivity contribution in [2.24, 2.45) is 0 Å². The fourth-order valence-corrected chi connectivity index (χ4v) is 0.342. The molecule has 1 aliphatic rings. The van der Waals surface area contributed by atoms with Crippen molar-refractivity contribution in [3.05, 3.63) is 24.2 Å². The topological polar surface area (TPSA) is 14.1 Å². The fraction of sp³-hybridized carbons (Fsp3) is 0. The van der Waals surface area contributed by atoms with Crippen LogP contribution in [-0.2, 0) is 0 Å². The third-order valence-corrected chi connectivity index (χ3v) is 0.625. The second-order valence-electron chi connectivity index (χ2n) is 1.17. The van der Waals surface area contributed by atoms with E-state index in [1.54, 1.807) is 6.08 Å². The number of hydrogen-bond acceptors (Lipinski definition) is 1. The molecule has 2 heteroatoms. The Labute approximate surface area is 40.9 Å². The summed E-state index contributed by atoms with van der Waals surface area (Å²) in [6.45, 7) is 0. The summed E-state index contributed by atoms with van der Waals surface area (Å²) in [5.74, 6) is -0.289. The molecule has 0 saturated heterocycles.